The molecule has 0 bridgehead atoms. The second-order valence-corrected chi connectivity index (χ2v) is 16.1. The summed E-state index contributed by atoms with van der Waals surface area (Å²) in [6.07, 6.45) is 4.08. The van der Waals surface area contributed by atoms with Crippen LogP contribution in [-0.2, 0) is 23.4 Å². The first kappa shape index (κ1) is 30.3. The van der Waals surface area contributed by atoms with Gasteiger partial charge in [0.2, 0.25) is 0 Å². The normalized spacial score (nSPS) is 20.8. The lowest BCUT2D eigenvalue weighted by molar-refractivity contribution is -0.147. The molecule has 3 rings (SSSR count). The van der Waals surface area contributed by atoms with Gasteiger partial charge in [-0.05, 0) is 47.7 Å². The third-order valence-electron chi connectivity index (χ3n) is 7.27. The number of allylic oxidation sites excluding steroid dienone is 1. The number of carbonyl (C=O) groups is 1. The van der Waals surface area contributed by atoms with Crippen molar-refractivity contribution in [2.24, 2.45) is 5.92 Å². The number of esters is 1. The van der Waals surface area contributed by atoms with E-state index < -0.39 is 14.1 Å². The molecule has 1 fully saturated rings. The minimum absolute atomic E-state index is 0.138. The third kappa shape index (κ3) is 6.84. The molecule has 38 heavy (non-hydrogen) atoms. The first-order valence-electron chi connectivity index (χ1n) is 13.8. The van der Waals surface area contributed by atoms with Crippen LogP contribution in [0.4, 0.5) is 0 Å². The monoisotopic (exact) mass is 538 g/mol. The number of carbonyl (C=O) groups excluding carboxylic acids is 1. The Kier molecular flexibility index (Phi) is 10.2. The van der Waals surface area contributed by atoms with Gasteiger partial charge >= 0.3 is 5.97 Å². The molecule has 0 aromatic heterocycles. The molecule has 1 saturated heterocycles. The maximum absolute atomic E-state index is 12.3. The lowest BCUT2D eigenvalue weighted by Gasteiger charge is -2.43. The maximum Gasteiger partial charge on any atom is 0.308 e. The van der Waals surface area contributed by atoms with Crippen LogP contribution in [0, 0.1) is 5.92 Å². The van der Waals surface area contributed by atoms with Gasteiger partial charge in [0.25, 0.3) is 8.32 Å². The average Bonchev–Trinajstić information content (AvgIpc) is 3.20. The molecule has 1 aliphatic rings. The molecule has 0 radical (unpaired) electrons. The van der Waals surface area contributed by atoms with E-state index in [9.17, 15) is 4.79 Å². The Bertz CT molecular complexity index is 1020. The van der Waals surface area contributed by atoms with Gasteiger partial charge in [-0.25, -0.2) is 0 Å². The Labute approximate surface area is 230 Å². The average molecular weight is 539 g/mol. The van der Waals surface area contributed by atoms with Crippen LogP contribution in [0.15, 0.2) is 72.3 Å². The van der Waals surface area contributed by atoms with Crippen LogP contribution in [0.2, 0.25) is 5.04 Å². The smallest absolute Gasteiger partial charge is 0.308 e. The van der Waals surface area contributed by atoms with Crippen molar-refractivity contribution in [1.82, 2.24) is 0 Å². The van der Waals surface area contributed by atoms with Crippen molar-refractivity contribution in [3.05, 3.63) is 72.3 Å². The van der Waals surface area contributed by atoms with Crippen molar-refractivity contribution in [3.8, 4) is 0 Å². The standard InChI is InChI=1S/C32H46O5Si/c1-9-10-17-25(22-24(2)30(33)34-8)29-28(36-32(6,7)37-29)23-35-38(31(3,4)5,26-18-13-11-14-19-26)27-20-15-12-16-21-27/h11-21,24,28-29H,9-10,22-23H2,1-8H3/b25-17+/t24-,28+,29-/m0/s1. The van der Waals surface area contributed by atoms with Gasteiger partial charge in [-0.2, -0.15) is 0 Å². The van der Waals surface area contributed by atoms with Crippen LogP contribution in [-0.4, -0.2) is 46.0 Å². The van der Waals surface area contributed by atoms with Crippen molar-refractivity contribution in [1.29, 1.82) is 0 Å². The Morgan fingerprint density at radius 3 is 2.05 bits per heavy atom. The SMILES string of the molecule is CCC/C=C(\C[C@H](C)C(=O)OC)[C@@H]1OC(C)(C)O[C@@H]1CO[Si](c1ccccc1)(c1ccccc1)C(C)(C)C. The van der Waals surface area contributed by atoms with Crippen LogP contribution in [0.3, 0.4) is 0 Å². The quantitative estimate of drug-likeness (QED) is 0.199. The van der Waals surface area contributed by atoms with E-state index >= 15 is 0 Å². The number of hydrogen-bond acceptors (Lipinski definition) is 5. The molecule has 1 aliphatic heterocycles. The summed E-state index contributed by atoms with van der Waals surface area (Å²) < 4.78 is 25.2. The van der Waals surface area contributed by atoms with E-state index in [0.29, 0.717) is 13.0 Å². The highest BCUT2D eigenvalue weighted by Crippen LogP contribution is 2.39. The zero-order valence-electron chi connectivity index (χ0n) is 24.5. The van der Waals surface area contributed by atoms with Crippen molar-refractivity contribution in [3.63, 3.8) is 0 Å². The molecule has 2 aromatic rings. The summed E-state index contributed by atoms with van der Waals surface area (Å²) in [4.78, 5) is 12.3. The number of ether oxygens (including phenoxy) is 3. The highest BCUT2D eigenvalue weighted by molar-refractivity contribution is 6.99. The second-order valence-electron chi connectivity index (χ2n) is 11.8. The van der Waals surface area contributed by atoms with Crippen LogP contribution < -0.4 is 10.4 Å². The predicted octanol–water partition coefficient (Wildman–Crippen LogP) is 6.01. The van der Waals surface area contributed by atoms with Gasteiger partial charge < -0.3 is 18.6 Å². The van der Waals surface area contributed by atoms with E-state index in [1.54, 1.807) is 0 Å². The molecule has 0 amide bonds. The third-order valence-corrected chi connectivity index (χ3v) is 12.3. The van der Waals surface area contributed by atoms with E-state index in [1.165, 1.54) is 17.5 Å². The number of rotatable bonds is 11. The maximum atomic E-state index is 12.3. The van der Waals surface area contributed by atoms with Gasteiger partial charge in [0.15, 0.2) is 5.79 Å². The molecule has 2 aromatic carbocycles. The molecule has 0 aliphatic carbocycles. The predicted molar refractivity (Wildman–Crippen MR) is 156 cm³/mol. The molecule has 0 unspecified atom stereocenters. The molecular formula is C32H46O5Si. The van der Waals surface area contributed by atoms with E-state index in [4.69, 9.17) is 18.6 Å². The topological polar surface area (TPSA) is 54.0 Å². The summed E-state index contributed by atoms with van der Waals surface area (Å²) in [6, 6.07) is 21.3. The molecule has 0 N–H and O–H groups in total. The first-order chi connectivity index (χ1) is 17.9. The molecule has 0 spiro atoms. The fraction of sp³-hybridized carbons (Fsp3) is 0.531. The van der Waals surface area contributed by atoms with Crippen molar-refractivity contribution in [2.45, 2.75) is 90.8 Å². The molecule has 208 valence electrons. The van der Waals surface area contributed by atoms with Gasteiger partial charge in [0, 0.05) is 0 Å². The number of methoxy groups -OCH3 is 1. The summed E-state index contributed by atoms with van der Waals surface area (Å²) in [6.45, 7) is 15.2. The lowest BCUT2D eigenvalue weighted by atomic mass is 9.93. The zero-order chi connectivity index (χ0) is 28.0. The van der Waals surface area contributed by atoms with Crippen LogP contribution in [0.25, 0.3) is 0 Å². The molecule has 6 heteroatoms. The van der Waals surface area contributed by atoms with E-state index in [0.717, 1.165) is 18.4 Å². The fourth-order valence-electron chi connectivity index (χ4n) is 5.52. The van der Waals surface area contributed by atoms with Crippen molar-refractivity contribution < 1.29 is 23.4 Å². The van der Waals surface area contributed by atoms with Gasteiger partial charge in [-0.15, -0.1) is 0 Å². The summed E-state index contributed by atoms with van der Waals surface area (Å²) in [7, 11) is -1.30. The second kappa shape index (κ2) is 12.7. The van der Waals surface area contributed by atoms with Gasteiger partial charge in [-0.3, -0.25) is 4.79 Å². The van der Waals surface area contributed by atoms with E-state index in [-0.39, 0.29) is 29.1 Å². The summed E-state index contributed by atoms with van der Waals surface area (Å²) >= 11 is 0. The van der Waals surface area contributed by atoms with Gasteiger partial charge in [0.1, 0.15) is 12.2 Å². The number of hydrogen-bond donors (Lipinski definition) is 0. The van der Waals surface area contributed by atoms with Gasteiger partial charge in [-0.1, -0.05) is 108 Å². The Hall–Kier alpha value is -2.25. The minimum Gasteiger partial charge on any atom is -0.469 e. The summed E-state index contributed by atoms with van der Waals surface area (Å²) in [5.41, 5.74) is 1.08. The zero-order valence-corrected chi connectivity index (χ0v) is 25.5. The molecule has 1 heterocycles. The Morgan fingerprint density at radius 2 is 1.58 bits per heavy atom. The van der Waals surface area contributed by atoms with Crippen molar-refractivity contribution >= 4 is 24.7 Å². The summed E-state index contributed by atoms with van der Waals surface area (Å²) in [5.74, 6) is -1.25. The van der Waals surface area contributed by atoms with Crippen LogP contribution in [0.1, 0.15) is 67.7 Å². The van der Waals surface area contributed by atoms with E-state index in [1.807, 2.05) is 20.8 Å². The molecule has 3 atom stereocenters. The molecule has 5 nitrogen and oxygen atoms in total. The van der Waals surface area contributed by atoms with Crippen LogP contribution in [0.5, 0.6) is 0 Å². The highest BCUT2D eigenvalue weighted by atomic mass is 28.4. The van der Waals surface area contributed by atoms with Gasteiger partial charge in [0.05, 0.1) is 19.6 Å². The van der Waals surface area contributed by atoms with Crippen LogP contribution >= 0.6 is 0 Å². The number of unbranched alkanes of at least 4 members (excludes halogenated alkanes) is 1. The fourth-order valence-corrected chi connectivity index (χ4v) is 10.1. The van der Waals surface area contributed by atoms with Crippen molar-refractivity contribution in [2.75, 3.05) is 13.7 Å². The largest absolute Gasteiger partial charge is 0.469 e. The highest BCUT2D eigenvalue weighted by Gasteiger charge is 2.52. The Balaban J connectivity index is 2.01. The summed E-state index contributed by atoms with van der Waals surface area (Å²) in [5, 5.41) is 2.32. The number of benzene rings is 2. The van der Waals surface area contributed by atoms with E-state index in [2.05, 4.69) is 94.4 Å². The first-order valence-corrected chi connectivity index (χ1v) is 15.7. The molecular weight excluding hydrogens is 492 g/mol. The lowest BCUT2D eigenvalue weighted by Crippen LogP contribution is -2.67. The minimum atomic E-state index is -2.74. The Morgan fingerprint density at radius 1 is 1.03 bits per heavy atom. The molecule has 0 saturated carbocycles.